The number of rotatable bonds is 10. The van der Waals surface area contributed by atoms with Gasteiger partial charge >= 0.3 is 0 Å². The van der Waals surface area contributed by atoms with Gasteiger partial charge in [0, 0.05) is 31.6 Å². The lowest BCUT2D eigenvalue weighted by atomic mass is 10.2. The summed E-state index contributed by atoms with van der Waals surface area (Å²) in [4.78, 5) is 30.4. The van der Waals surface area contributed by atoms with Gasteiger partial charge in [0.15, 0.2) is 18.1 Å². The van der Waals surface area contributed by atoms with Crippen LogP contribution in [0.2, 0.25) is 5.02 Å². The summed E-state index contributed by atoms with van der Waals surface area (Å²) in [7, 11) is 0. The molecule has 0 bridgehead atoms. The highest BCUT2D eigenvalue weighted by atomic mass is 79.9. The number of hydrogen-bond acceptors (Lipinski definition) is 6. The van der Waals surface area contributed by atoms with Crippen molar-refractivity contribution >= 4 is 72.2 Å². The van der Waals surface area contributed by atoms with Crippen LogP contribution in [0.4, 0.5) is 5.69 Å². The van der Waals surface area contributed by atoms with Crippen molar-refractivity contribution < 1.29 is 14.3 Å². The molecule has 0 saturated heterocycles. The van der Waals surface area contributed by atoms with Gasteiger partial charge in [0.05, 0.1) is 23.7 Å². The van der Waals surface area contributed by atoms with E-state index in [1.54, 1.807) is 48.7 Å². The van der Waals surface area contributed by atoms with Crippen molar-refractivity contribution in [3.8, 4) is 11.5 Å². The summed E-state index contributed by atoms with van der Waals surface area (Å²) in [6, 6.07) is 15.6. The average Bonchev–Trinajstić information content (AvgIpc) is 2.91. The minimum Gasteiger partial charge on any atom is -0.490 e. The maximum Gasteiger partial charge on any atom is 0.282 e. The number of anilines is 1. The Morgan fingerprint density at radius 3 is 2.54 bits per heavy atom. The van der Waals surface area contributed by atoms with Crippen LogP contribution in [0.1, 0.15) is 31.7 Å². The van der Waals surface area contributed by atoms with Gasteiger partial charge in [-0.25, -0.2) is 4.98 Å². The molecule has 0 spiro atoms. The van der Waals surface area contributed by atoms with Gasteiger partial charge in [-0.15, -0.1) is 0 Å². The Morgan fingerprint density at radius 2 is 1.82 bits per heavy atom. The zero-order valence-electron chi connectivity index (χ0n) is 21.2. The first-order valence-electron chi connectivity index (χ1n) is 12.2. The topological polar surface area (TPSA) is 94.8 Å². The fourth-order valence-corrected chi connectivity index (χ4v) is 4.64. The Labute approximate surface area is 247 Å². The quantitative estimate of drug-likeness (QED) is 0.186. The molecule has 1 N–H and O–H groups in total. The van der Waals surface area contributed by atoms with Crippen LogP contribution in [0.3, 0.4) is 0 Å². The molecule has 39 heavy (non-hydrogen) atoms. The van der Waals surface area contributed by atoms with Gasteiger partial charge in [0.25, 0.3) is 11.5 Å². The van der Waals surface area contributed by atoms with E-state index in [-0.39, 0.29) is 18.1 Å². The number of hydrogen-bond donors (Lipinski definition) is 1. The van der Waals surface area contributed by atoms with E-state index in [1.165, 1.54) is 4.68 Å². The molecule has 4 rings (SSSR count). The Kier molecular flexibility index (Phi) is 9.77. The number of halogens is 3. The van der Waals surface area contributed by atoms with Gasteiger partial charge < -0.3 is 14.8 Å². The van der Waals surface area contributed by atoms with Crippen LogP contribution in [-0.4, -0.2) is 35.0 Å². The fourth-order valence-electron chi connectivity index (χ4n) is 3.72. The van der Waals surface area contributed by atoms with E-state index in [9.17, 15) is 9.59 Å². The highest BCUT2D eigenvalue weighted by molar-refractivity contribution is 9.10. The van der Waals surface area contributed by atoms with Crippen molar-refractivity contribution in [2.45, 2.75) is 26.7 Å². The van der Waals surface area contributed by atoms with E-state index >= 15 is 0 Å². The lowest BCUT2D eigenvalue weighted by molar-refractivity contribution is -0.118. The number of aryl methyl sites for hydroxylation is 1. The molecule has 0 fully saturated rings. The Bertz CT molecular complexity index is 1590. The molecule has 0 radical (unpaired) electrons. The van der Waals surface area contributed by atoms with E-state index in [0.29, 0.717) is 62.0 Å². The van der Waals surface area contributed by atoms with Crippen LogP contribution >= 0.6 is 43.5 Å². The second kappa shape index (κ2) is 13.2. The van der Waals surface area contributed by atoms with Crippen LogP contribution in [0.25, 0.3) is 10.9 Å². The molecule has 0 atom stereocenters. The molecular formula is C28H25Br2ClN4O4. The number of ether oxygens (including phenoxy) is 2. The minimum absolute atomic E-state index is 0.226. The number of carbonyl (C=O) groups is 1. The molecule has 0 saturated carbocycles. The Morgan fingerprint density at radius 1 is 1.08 bits per heavy atom. The van der Waals surface area contributed by atoms with Crippen molar-refractivity contribution in [2.24, 2.45) is 5.10 Å². The zero-order chi connectivity index (χ0) is 27.9. The van der Waals surface area contributed by atoms with Gasteiger partial charge in [0.1, 0.15) is 5.82 Å². The van der Waals surface area contributed by atoms with Crippen LogP contribution < -0.4 is 20.3 Å². The van der Waals surface area contributed by atoms with E-state index in [4.69, 9.17) is 21.1 Å². The molecule has 1 aromatic heterocycles. The summed E-state index contributed by atoms with van der Waals surface area (Å²) in [5.74, 6) is 1.05. The molecule has 4 aromatic rings. The molecule has 0 unspecified atom stereocenters. The molecule has 1 heterocycles. The number of aromatic nitrogens is 2. The number of nitrogens with one attached hydrogen (secondary N) is 1. The van der Waals surface area contributed by atoms with Gasteiger partial charge in [-0.05, 0) is 83.9 Å². The maximum absolute atomic E-state index is 13.3. The summed E-state index contributed by atoms with van der Waals surface area (Å²) >= 11 is 12.9. The first kappa shape index (κ1) is 28.8. The number of carbonyl (C=O) groups excluding carboxylic acids is 1. The maximum atomic E-state index is 13.3. The third-order valence-corrected chi connectivity index (χ3v) is 6.94. The van der Waals surface area contributed by atoms with E-state index < -0.39 is 0 Å². The third kappa shape index (κ3) is 7.26. The van der Waals surface area contributed by atoms with E-state index in [1.807, 2.05) is 26.0 Å². The number of fused-ring (bicyclic) bond motifs is 1. The molecule has 0 aliphatic rings. The average molecular weight is 677 g/mol. The summed E-state index contributed by atoms with van der Waals surface area (Å²) < 4.78 is 14.3. The highest BCUT2D eigenvalue weighted by Gasteiger charge is 2.14. The second-order valence-corrected chi connectivity index (χ2v) is 10.6. The molecule has 8 nitrogen and oxygen atoms in total. The van der Waals surface area contributed by atoms with Gasteiger partial charge in [0.2, 0.25) is 0 Å². The van der Waals surface area contributed by atoms with Crippen LogP contribution in [0, 0.1) is 0 Å². The molecule has 0 aliphatic heterocycles. The van der Waals surface area contributed by atoms with E-state index in [0.717, 1.165) is 10.9 Å². The highest BCUT2D eigenvalue weighted by Crippen LogP contribution is 2.33. The van der Waals surface area contributed by atoms with Crippen molar-refractivity contribution in [2.75, 3.05) is 18.5 Å². The lowest BCUT2D eigenvalue weighted by Gasteiger charge is -2.14. The molecule has 0 aliphatic carbocycles. The zero-order valence-corrected chi connectivity index (χ0v) is 25.1. The van der Waals surface area contributed by atoms with Gasteiger partial charge in [-0.3, -0.25) is 9.59 Å². The standard InChI is InChI=1S/C28H25Br2ClN4O4/c1-3-5-26-34-23-11-6-18(29)13-21(23)28(37)35(26)32-15-17-12-24(38-4-2)25(14-22(17)30)39-16-27(36)33-20-9-7-19(31)8-10-20/h6-15H,3-5,16H2,1-2H3,(H,33,36). The third-order valence-electron chi connectivity index (χ3n) is 5.51. The summed E-state index contributed by atoms with van der Waals surface area (Å²) in [5, 5.41) is 8.30. The van der Waals surface area contributed by atoms with Crippen molar-refractivity contribution in [3.63, 3.8) is 0 Å². The van der Waals surface area contributed by atoms with Crippen molar-refractivity contribution in [1.29, 1.82) is 0 Å². The van der Waals surface area contributed by atoms with Gasteiger partial charge in [-0.1, -0.05) is 34.5 Å². The molecule has 11 heteroatoms. The SMILES string of the molecule is CCCc1nc2ccc(Br)cc2c(=O)n1N=Cc1cc(OCC)c(OCC(=O)Nc2ccc(Cl)cc2)cc1Br. The summed E-state index contributed by atoms with van der Waals surface area (Å²) in [6.45, 7) is 4.03. The smallest absolute Gasteiger partial charge is 0.282 e. The second-order valence-electron chi connectivity index (χ2n) is 8.40. The van der Waals surface area contributed by atoms with Crippen LogP contribution in [0.5, 0.6) is 11.5 Å². The van der Waals surface area contributed by atoms with Crippen LogP contribution in [-0.2, 0) is 11.2 Å². The number of amides is 1. The van der Waals surface area contributed by atoms with Crippen molar-refractivity contribution in [1.82, 2.24) is 9.66 Å². The Hall–Kier alpha value is -3.21. The van der Waals surface area contributed by atoms with Crippen LogP contribution in [0.15, 0.2) is 73.4 Å². The number of benzene rings is 3. The summed E-state index contributed by atoms with van der Waals surface area (Å²) in [6.07, 6.45) is 2.96. The van der Waals surface area contributed by atoms with Gasteiger partial charge in [-0.2, -0.15) is 9.78 Å². The predicted molar refractivity (Wildman–Crippen MR) is 162 cm³/mol. The first-order valence-corrected chi connectivity index (χ1v) is 14.2. The minimum atomic E-state index is -0.334. The molecular weight excluding hydrogens is 652 g/mol. The monoisotopic (exact) mass is 674 g/mol. The number of nitrogens with zero attached hydrogens (tertiary/aromatic N) is 3. The normalized spacial score (nSPS) is 11.2. The largest absolute Gasteiger partial charge is 0.490 e. The molecule has 202 valence electrons. The predicted octanol–water partition coefficient (Wildman–Crippen LogP) is 6.83. The Balaban J connectivity index is 1.59. The van der Waals surface area contributed by atoms with Crippen molar-refractivity contribution in [3.05, 3.63) is 90.3 Å². The lowest BCUT2D eigenvalue weighted by Crippen LogP contribution is -2.22. The molecule has 3 aromatic carbocycles. The summed E-state index contributed by atoms with van der Waals surface area (Å²) in [5.41, 5.74) is 1.63. The molecule has 1 amide bonds. The van der Waals surface area contributed by atoms with E-state index in [2.05, 4.69) is 47.3 Å². The first-order chi connectivity index (χ1) is 18.8. The fraction of sp³-hybridized carbons (Fsp3) is 0.214.